The monoisotopic (exact) mass is 620 g/mol. The van der Waals surface area contributed by atoms with E-state index >= 15 is 0 Å². The van der Waals surface area contributed by atoms with Gasteiger partial charge in [0.2, 0.25) is 0 Å². The van der Waals surface area contributed by atoms with Gasteiger partial charge in [-0.15, -0.1) is 0 Å². The molecule has 0 aliphatic heterocycles. The molecule has 0 saturated carbocycles. The number of aryl methyl sites for hydroxylation is 4. The number of carboxylic acids is 1. The fourth-order valence-electron chi connectivity index (χ4n) is 5.24. The average Bonchev–Trinajstić information content (AvgIpc) is 3.02. The van der Waals surface area contributed by atoms with Crippen molar-refractivity contribution in [3.63, 3.8) is 0 Å². The van der Waals surface area contributed by atoms with Crippen LogP contribution in [0, 0.1) is 13.8 Å². The first-order valence-electron chi connectivity index (χ1n) is 15.8. The number of carbonyl (C=O) groups is 3. The van der Waals surface area contributed by atoms with Crippen molar-refractivity contribution in [2.24, 2.45) is 0 Å². The minimum absolute atomic E-state index is 0.195. The lowest BCUT2D eigenvalue weighted by molar-refractivity contribution is -0.174. The van der Waals surface area contributed by atoms with Gasteiger partial charge in [0.25, 0.3) is 11.8 Å². The van der Waals surface area contributed by atoms with E-state index in [9.17, 15) is 19.5 Å². The lowest BCUT2D eigenvalue weighted by atomic mass is 10.0. The van der Waals surface area contributed by atoms with E-state index in [0.29, 0.717) is 13.0 Å². The molecule has 45 heavy (non-hydrogen) atoms. The highest BCUT2D eigenvalue weighted by Crippen LogP contribution is 2.18. The molecule has 3 aromatic rings. The maximum Gasteiger partial charge on any atom is 0.336 e. The molecule has 0 unspecified atom stereocenters. The van der Waals surface area contributed by atoms with Gasteiger partial charge in [-0.25, -0.2) is 10.3 Å². The summed E-state index contributed by atoms with van der Waals surface area (Å²) in [6, 6.07) is 21.3. The van der Waals surface area contributed by atoms with E-state index in [-0.39, 0.29) is 6.61 Å². The predicted molar refractivity (Wildman–Crippen MR) is 175 cm³/mol. The van der Waals surface area contributed by atoms with Gasteiger partial charge < -0.3 is 19.5 Å². The third kappa shape index (κ3) is 11.9. The second-order valence-electron chi connectivity index (χ2n) is 11.6. The number of rotatable bonds is 20. The average molecular weight is 621 g/mol. The van der Waals surface area contributed by atoms with E-state index in [0.717, 1.165) is 44.9 Å². The third-order valence-corrected chi connectivity index (χ3v) is 8.00. The minimum atomic E-state index is -1.65. The summed E-state index contributed by atoms with van der Waals surface area (Å²) in [6.45, 7) is 4.25. The van der Waals surface area contributed by atoms with Crippen molar-refractivity contribution >= 4 is 28.6 Å². The number of amides is 2. The second-order valence-corrected chi connectivity index (χ2v) is 11.6. The number of fused-ring (bicyclic) bond motifs is 1. The molecule has 0 heterocycles. The van der Waals surface area contributed by atoms with Crippen molar-refractivity contribution < 1.29 is 33.8 Å². The van der Waals surface area contributed by atoms with Crippen molar-refractivity contribution in [2.75, 3.05) is 33.9 Å². The maximum absolute atomic E-state index is 13.5. The Balaban J connectivity index is 1.50. The first-order chi connectivity index (χ1) is 21.7. The van der Waals surface area contributed by atoms with Gasteiger partial charge in [-0.3, -0.25) is 14.4 Å². The molecule has 0 saturated heterocycles. The van der Waals surface area contributed by atoms with Gasteiger partial charge >= 0.3 is 5.97 Å². The van der Waals surface area contributed by atoms with Crippen LogP contribution in [-0.4, -0.2) is 73.9 Å². The summed E-state index contributed by atoms with van der Waals surface area (Å²) in [7, 11) is 2.90. The van der Waals surface area contributed by atoms with Crippen LogP contribution in [0.4, 0.5) is 0 Å². The highest BCUT2D eigenvalue weighted by atomic mass is 16.6. The molecule has 9 heteroatoms. The van der Waals surface area contributed by atoms with E-state index < -0.39 is 36.6 Å². The number of carboxylic acid groups (broad SMARTS) is 1. The number of carbonyl (C=O) groups excluding carboxylic acids is 2. The standard InChI is InChI=1S/C36H48N2O7/c1-26-17-18-28(23-27(26)2)13-8-6-12-22-44-33(34(36(41)42)45-25-32(39)37-43-4)35(40)38(3)21-11-5-7-14-29-19-20-30-15-9-10-16-31(30)24-29/h9-10,15-20,23-24,33-34H,5-8,11-14,21-22,25H2,1-4H3,(H,37,39)(H,41,42)/t33-,34-/m1/s1. The van der Waals surface area contributed by atoms with Crippen LogP contribution in [-0.2, 0) is 41.5 Å². The van der Waals surface area contributed by atoms with Gasteiger partial charge in [-0.2, -0.15) is 0 Å². The van der Waals surface area contributed by atoms with E-state index in [1.54, 1.807) is 7.05 Å². The van der Waals surface area contributed by atoms with Crippen LogP contribution in [0.5, 0.6) is 0 Å². The predicted octanol–water partition coefficient (Wildman–Crippen LogP) is 5.57. The molecule has 0 aliphatic rings. The molecule has 0 spiro atoms. The Kier molecular flexibility index (Phi) is 15.0. The molecule has 3 rings (SSSR count). The Hall–Kier alpha value is -3.79. The molecule has 244 valence electrons. The van der Waals surface area contributed by atoms with Crippen LogP contribution in [0.2, 0.25) is 0 Å². The van der Waals surface area contributed by atoms with Gasteiger partial charge in [0.15, 0.2) is 12.2 Å². The summed E-state index contributed by atoms with van der Waals surface area (Å²) in [5.74, 6) is -2.53. The number of aliphatic carboxylic acids is 1. The number of ether oxygens (including phenoxy) is 2. The second kappa shape index (κ2) is 18.9. The number of nitrogens with zero attached hydrogens (tertiary/aromatic N) is 1. The number of hydrogen-bond donors (Lipinski definition) is 2. The molecule has 0 radical (unpaired) electrons. The minimum Gasteiger partial charge on any atom is -0.479 e. The van der Waals surface area contributed by atoms with Gasteiger partial charge in [0.05, 0.1) is 7.11 Å². The fraction of sp³-hybridized carbons (Fsp3) is 0.472. The van der Waals surface area contributed by atoms with Crippen LogP contribution in [0.3, 0.4) is 0 Å². The number of unbranched alkanes of at least 4 members (excludes halogenated alkanes) is 4. The van der Waals surface area contributed by atoms with Crippen molar-refractivity contribution in [1.29, 1.82) is 0 Å². The van der Waals surface area contributed by atoms with Gasteiger partial charge in [-0.05, 0) is 85.4 Å². The van der Waals surface area contributed by atoms with Crippen LogP contribution in [0.1, 0.15) is 60.8 Å². The lowest BCUT2D eigenvalue weighted by Crippen LogP contribution is -2.50. The maximum atomic E-state index is 13.5. The number of hydroxylamine groups is 1. The summed E-state index contributed by atoms with van der Waals surface area (Å²) < 4.78 is 11.3. The molecule has 2 N–H and O–H groups in total. The molecular formula is C36H48N2O7. The van der Waals surface area contributed by atoms with E-state index in [1.807, 2.05) is 12.1 Å². The smallest absolute Gasteiger partial charge is 0.336 e. The van der Waals surface area contributed by atoms with Gasteiger partial charge in [-0.1, -0.05) is 73.5 Å². The molecule has 0 aliphatic carbocycles. The van der Waals surface area contributed by atoms with E-state index in [2.05, 4.69) is 72.7 Å². The van der Waals surface area contributed by atoms with Crippen molar-refractivity contribution in [3.05, 3.63) is 82.9 Å². The zero-order valence-corrected chi connectivity index (χ0v) is 27.1. The highest BCUT2D eigenvalue weighted by Gasteiger charge is 2.37. The SMILES string of the molecule is CONC(=O)CO[C@@H](C(=O)O)[C@@H](OCCCCCc1ccc(C)c(C)c1)C(=O)N(C)CCCCCc1ccc2ccccc2c1. The summed E-state index contributed by atoms with van der Waals surface area (Å²) in [5.41, 5.74) is 7.18. The Morgan fingerprint density at radius 1 is 0.778 bits per heavy atom. The first kappa shape index (κ1) is 35.7. The largest absolute Gasteiger partial charge is 0.479 e. The Morgan fingerprint density at radius 3 is 2.13 bits per heavy atom. The quantitative estimate of drug-likeness (QED) is 0.125. The molecule has 0 aromatic heterocycles. The van der Waals surface area contributed by atoms with Crippen LogP contribution in [0.25, 0.3) is 10.8 Å². The zero-order chi connectivity index (χ0) is 32.6. The zero-order valence-electron chi connectivity index (χ0n) is 27.1. The molecule has 3 aromatic carbocycles. The van der Waals surface area contributed by atoms with Crippen LogP contribution >= 0.6 is 0 Å². The van der Waals surface area contributed by atoms with Crippen LogP contribution < -0.4 is 5.48 Å². The molecule has 2 atom stereocenters. The van der Waals surface area contributed by atoms with Crippen molar-refractivity contribution in [3.8, 4) is 0 Å². The third-order valence-electron chi connectivity index (χ3n) is 8.00. The fourth-order valence-corrected chi connectivity index (χ4v) is 5.24. The summed E-state index contributed by atoms with van der Waals surface area (Å²) in [6.07, 6.45) is 3.93. The van der Waals surface area contributed by atoms with Crippen molar-refractivity contribution in [1.82, 2.24) is 10.4 Å². The number of nitrogens with one attached hydrogen (secondary N) is 1. The van der Waals surface area contributed by atoms with Gasteiger partial charge in [0, 0.05) is 20.2 Å². The molecular weight excluding hydrogens is 572 g/mol. The summed E-state index contributed by atoms with van der Waals surface area (Å²) >= 11 is 0. The Morgan fingerprint density at radius 2 is 1.44 bits per heavy atom. The lowest BCUT2D eigenvalue weighted by Gasteiger charge is -2.28. The molecule has 2 amide bonds. The molecule has 9 nitrogen and oxygen atoms in total. The normalized spacial score (nSPS) is 12.5. The molecule has 0 fully saturated rings. The van der Waals surface area contributed by atoms with E-state index in [1.165, 1.54) is 45.0 Å². The topological polar surface area (TPSA) is 114 Å². The summed E-state index contributed by atoms with van der Waals surface area (Å²) in [4.78, 5) is 43.6. The number of hydrogen-bond acceptors (Lipinski definition) is 6. The van der Waals surface area contributed by atoms with Gasteiger partial charge in [0.1, 0.15) is 6.61 Å². The number of benzene rings is 3. The van der Waals surface area contributed by atoms with Crippen LogP contribution in [0.15, 0.2) is 60.7 Å². The van der Waals surface area contributed by atoms with E-state index in [4.69, 9.17) is 9.47 Å². The first-order valence-corrected chi connectivity index (χ1v) is 15.8. The highest BCUT2D eigenvalue weighted by molar-refractivity contribution is 5.88. The van der Waals surface area contributed by atoms with Crippen molar-refractivity contribution in [2.45, 2.75) is 77.4 Å². The molecule has 0 bridgehead atoms. The summed E-state index contributed by atoms with van der Waals surface area (Å²) in [5, 5.41) is 12.4. The number of likely N-dealkylation sites (N-methyl/N-ethyl adjacent to an activating group) is 1. The Labute approximate surface area is 266 Å². The Bertz CT molecular complexity index is 1390.